The van der Waals surface area contributed by atoms with E-state index in [1.165, 1.54) is 4.90 Å². The van der Waals surface area contributed by atoms with E-state index in [9.17, 15) is 14.4 Å². The molecule has 190 valence electrons. The van der Waals surface area contributed by atoms with E-state index in [0.29, 0.717) is 11.3 Å². The number of nitrogens with zero attached hydrogens (tertiary/aromatic N) is 1. The van der Waals surface area contributed by atoms with Gasteiger partial charge in [0.1, 0.15) is 17.2 Å². The van der Waals surface area contributed by atoms with Crippen molar-refractivity contribution in [2.24, 2.45) is 0 Å². The number of esters is 1. The molecule has 7 nitrogen and oxygen atoms in total. The van der Waals surface area contributed by atoms with Gasteiger partial charge in [-0.05, 0) is 35.8 Å². The lowest BCUT2D eigenvalue weighted by atomic mass is 9.98. The average Bonchev–Trinajstić information content (AvgIpc) is 2.93. The van der Waals surface area contributed by atoms with Gasteiger partial charge in [-0.15, -0.1) is 0 Å². The Bertz CT molecular complexity index is 1210. The lowest BCUT2D eigenvalue weighted by molar-refractivity contribution is -0.165. The Hall–Kier alpha value is -4.04. The van der Waals surface area contributed by atoms with Crippen LogP contribution in [-0.4, -0.2) is 46.7 Å². The molecular weight excluding hydrogens is 488 g/mol. The van der Waals surface area contributed by atoms with Crippen molar-refractivity contribution in [3.8, 4) is 5.75 Å². The van der Waals surface area contributed by atoms with Crippen molar-refractivity contribution in [2.75, 3.05) is 6.61 Å². The van der Waals surface area contributed by atoms with Crippen LogP contribution >= 0.6 is 12.6 Å². The van der Waals surface area contributed by atoms with Crippen molar-refractivity contribution in [1.82, 2.24) is 10.2 Å². The maximum atomic E-state index is 13.4. The summed E-state index contributed by atoms with van der Waals surface area (Å²) < 4.78 is 11.4. The molecule has 1 fully saturated rings. The van der Waals surface area contributed by atoms with Crippen LogP contribution in [0.2, 0.25) is 0 Å². The second kappa shape index (κ2) is 11.8. The van der Waals surface area contributed by atoms with Crippen LogP contribution in [-0.2, 0) is 19.1 Å². The van der Waals surface area contributed by atoms with Gasteiger partial charge in [-0.3, -0.25) is 9.59 Å². The minimum absolute atomic E-state index is 0.254. The van der Waals surface area contributed by atoms with Gasteiger partial charge in [0.15, 0.2) is 18.8 Å². The molecule has 3 unspecified atom stereocenters. The van der Waals surface area contributed by atoms with Gasteiger partial charge in [0.05, 0.1) is 0 Å². The number of carbonyl (C=O) groups excluding carboxylic acids is 3. The molecule has 1 aliphatic rings. The third kappa shape index (κ3) is 6.03. The minimum atomic E-state index is -1.06. The molecule has 1 saturated heterocycles. The second-order valence-electron chi connectivity index (χ2n) is 8.69. The van der Waals surface area contributed by atoms with E-state index < -0.39 is 41.3 Å². The predicted octanol–water partition coefficient (Wildman–Crippen LogP) is 3.93. The van der Waals surface area contributed by atoms with Crippen LogP contribution in [0, 0.1) is 0 Å². The molecule has 4 rings (SSSR count). The first-order valence-electron chi connectivity index (χ1n) is 11.8. The highest BCUT2D eigenvalue weighted by Crippen LogP contribution is 2.32. The average molecular weight is 517 g/mol. The highest BCUT2D eigenvalue weighted by atomic mass is 32.1. The number of nitrogens with one attached hydrogen (secondary N) is 1. The number of para-hydroxylation sites is 1. The highest BCUT2D eigenvalue weighted by molar-refractivity contribution is 7.81. The number of benzene rings is 3. The summed E-state index contributed by atoms with van der Waals surface area (Å²) in [6.45, 7) is 5.31. The Kier molecular flexibility index (Phi) is 8.30. The molecule has 0 radical (unpaired) electrons. The van der Waals surface area contributed by atoms with Crippen molar-refractivity contribution >= 4 is 30.4 Å². The molecular formula is C29H28N2O5S. The normalized spacial score (nSPS) is 17.5. The number of thiol groups is 1. The molecule has 8 heteroatoms. The fourth-order valence-corrected chi connectivity index (χ4v) is 4.56. The Morgan fingerprint density at radius 3 is 1.95 bits per heavy atom. The molecule has 0 bridgehead atoms. The van der Waals surface area contributed by atoms with Gasteiger partial charge in [-0.1, -0.05) is 85.4 Å². The standard InChI is InChI=1S/C29H28N2O5S/c1-19(2)25(29(34)36-26(20-12-6-3-7-13-20)21-14-8-4-9-15-21)31-27(33)24(28(31)37)30-23(32)18-35-22-16-10-5-11-17-22/h3-17,24-26,28,37H,1,18H2,2H3,(H,30,32). The van der Waals surface area contributed by atoms with Gasteiger partial charge in [-0.25, -0.2) is 4.79 Å². The SMILES string of the molecule is C=C(C)C(C(=O)OC(c1ccccc1)c1ccccc1)N1C(=O)C(NC(=O)COc2ccccc2)C1S. The summed E-state index contributed by atoms with van der Waals surface area (Å²) in [4.78, 5) is 40.1. The van der Waals surface area contributed by atoms with E-state index in [0.717, 1.165) is 11.1 Å². The van der Waals surface area contributed by atoms with E-state index in [1.807, 2.05) is 66.7 Å². The van der Waals surface area contributed by atoms with Crippen LogP contribution < -0.4 is 10.1 Å². The quantitative estimate of drug-likeness (QED) is 0.185. The molecule has 0 aliphatic carbocycles. The summed E-state index contributed by atoms with van der Waals surface area (Å²) in [6.07, 6.45) is -0.669. The number of carbonyl (C=O) groups is 3. The number of ether oxygens (including phenoxy) is 2. The first-order chi connectivity index (χ1) is 17.9. The van der Waals surface area contributed by atoms with E-state index in [4.69, 9.17) is 9.47 Å². The van der Waals surface area contributed by atoms with Gasteiger partial charge in [0, 0.05) is 0 Å². The zero-order valence-corrected chi connectivity index (χ0v) is 21.2. The van der Waals surface area contributed by atoms with E-state index in [1.54, 1.807) is 31.2 Å². The third-order valence-electron chi connectivity index (χ3n) is 5.94. The zero-order chi connectivity index (χ0) is 26.4. The summed E-state index contributed by atoms with van der Waals surface area (Å²) in [7, 11) is 0. The summed E-state index contributed by atoms with van der Waals surface area (Å²) in [5, 5.41) is 1.89. The molecule has 37 heavy (non-hydrogen) atoms. The van der Waals surface area contributed by atoms with Crippen LogP contribution in [0.1, 0.15) is 24.2 Å². The monoisotopic (exact) mass is 516 g/mol. The molecule has 3 aromatic rings. The van der Waals surface area contributed by atoms with E-state index >= 15 is 0 Å². The first-order valence-corrected chi connectivity index (χ1v) is 12.3. The number of hydrogen-bond acceptors (Lipinski definition) is 6. The minimum Gasteiger partial charge on any atom is -0.484 e. The third-order valence-corrected chi connectivity index (χ3v) is 6.49. The Balaban J connectivity index is 1.44. The molecule has 1 N–H and O–H groups in total. The first kappa shape index (κ1) is 26.0. The maximum Gasteiger partial charge on any atom is 0.334 e. The Morgan fingerprint density at radius 2 is 1.46 bits per heavy atom. The molecule has 2 amide bonds. The second-order valence-corrected chi connectivity index (χ2v) is 9.22. The molecule has 0 saturated carbocycles. The van der Waals surface area contributed by atoms with Gasteiger partial charge in [-0.2, -0.15) is 12.6 Å². The fraction of sp³-hybridized carbons (Fsp3) is 0.207. The lowest BCUT2D eigenvalue weighted by Gasteiger charge is -2.48. The Morgan fingerprint density at radius 1 is 0.946 bits per heavy atom. The Labute approximate surface area is 221 Å². The van der Waals surface area contributed by atoms with Crippen molar-refractivity contribution in [3.05, 3.63) is 114 Å². The van der Waals surface area contributed by atoms with Gasteiger partial charge < -0.3 is 19.7 Å². The largest absolute Gasteiger partial charge is 0.484 e. The molecule has 3 aromatic carbocycles. The number of amides is 2. The molecule has 0 spiro atoms. The summed E-state index contributed by atoms with van der Waals surface area (Å²) in [5.41, 5.74) is 2.02. The number of likely N-dealkylation sites (tertiary alicyclic amines) is 1. The summed E-state index contributed by atoms with van der Waals surface area (Å²) >= 11 is 4.51. The summed E-state index contributed by atoms with van der Waals surface area (Å²) in [5.74, 6) is -1.01. The van der Waals surface area contributed by atoms with Crippen LogP contribution in [0.5, 0.6) is 5.75 Å². The smallest absolute Gasteiger partial charge is 0.334 e. The van der Waals surface area contributed by atoms with Crippen LogP contribution in [0.15, 0.2) is 103 Å². The van der Waals surface area contributed by atoms with Crippen LogP contribution in [0.3, 0.4) is 0 Å². The number of rotatable bonds is 10. The number of β-lactam (4-membered cyclic amide) rings is 1. The van der Waals surface area contributed by atoms with E-state index in [-0.39, 0.29) is 6.61 Å². The van der Waals surface area contributed by atoms with Crippen LogP contribution in [0.4, 0.5) is 0 Å². The number of hydrogen-bond donors (Lipinski definition) is 2. The topological polar surface area (TPSA) is 84.9 Å². The van der Waals surface area contributed by atoms with Crippen molar-refractivity contribution < 1.29 is 23.9 Å². The molecule has 1 aliphatic heterocycles. The van der Waals surface area contributed by atoms with Gasteiger partial charge in [0.2, 0.25) is 5.91 Å². The maximum absolute atomic E-state index is 13.4. The predicted molar refractivity (Wildman–Crippen MR) is 143 cm³/mol. The van der Waals surface area contributed by atoms with Crippen molar-refractivity contribution in [2.45, 2.75) is 30.5 Å². The van der Waals surface area contributed by atoms with Crippen molar-refractivity contribution in [1.29, 1.82) is 0 Å². The van der Waals surface area contributed by atoms with Gasteiger partial charge in [0.25, 0.3) is 5.91 Å². The van der Waals surface area contributed by atoms with Gasteiger partial charge >= 0.3 is 5.97 Å². The zero-order valence-electron chi connectivity index (χ0n) is 20.3. The van der Waals surface area contributed by atoms with Crippen molar-refractivity contribution in [3.63, 3.8) is 0 Å². The molecule has 0 aromatic heterocycles. The molecule has 1 heterocycles. The summed E-state index contributed by atoms with van der Waals surface area (Å²) in [6, 6.07) is 25.7. The lowest BCUT2D eigenvalue weighted by Crippen LogP contribution is -2.72. The van der Waals surface area contributed by atoms with E-state index in [2.05, 4.69) is 24.5 Å². The fourth-order valence-electron chi connectivity index (χ4n) is 4.11. The van der Waals surface area contributed by atoms with Crippen LogP contribution in [0.25, 0.3) is 0 Å². The highest BCUT2D eigenvalue weighted by Gasteiger charge is 2.52. The molecule has 3 atom stereocenters.